The van der Waals surface area contributed by atoms with Gasteiger partial charge in [-0.3, -0.25) is 9.48 Å². The van der Waals surface area contributed by atoms with E-state index in [-0.39, 0.29) is 12.5 Å². The highest BCUT2D eigenvalue weighted by molar-refractivity contribution is 5.67. The van der Waals surface area contributed by atoms with Crippen molar-refractivity contribution in [1.82, 2.24) is 15.1 Å². The molecule has 1 aliphatic carbocycles. The van der Waals surface area contributed by atoms with Crippen molar-refractivity contribution < 1.29 is 9.90 Å². The van der Waals surface area contributed by atoms with Gasteiger partial charge in [0.2, 0.25) is 0 Å². The van der Waals surface area contributed by atoms with Gasteiger partial charge in [0.25, 0.3) is 0 Å². The molecule has 0 saturated heterocycles. The van der Waals surface area contributed by atoms with E-state index in [1.165, 1.54) is 25.7 Å². The molecule has 1 aromatic rings. The van der Waals surface area contributed by atoms with Gasteiger partial charge < -0.3 is 10.4 Å². The Kier molecular flexibility index (Phi) is 5.59. The van der Waals surface area contributed by atoms with Crippen molar-refractivity contribution in [3.05, 3.63) is 18.0 Å². The standard InChI is InChI=1S/C15H25N3O2/c1-18-13(8-9-17-18)11-16-14(10-15(19)20)12-6-4-2-3-5-7-12/h8-9,12,14,16H,2-7,10-11H2,1H3,(H,19,20). The largest absolute Gasteiger partial charge is 0.481 e. The maximum absolute atomic E-state index is 11.1. The SMILES string of the molecule is Cn1nccc1CNC(CC(=O)O)C1CCCCCC1. The van der Waals surface area contributed by atoms with Crippen LogP contribution in [0, 0.1) is 5.92 Å². The first kappa shape index (κ1) is 15.0. The smallest absolute Gasteiger partial charge is 0.304 e. The van der Waals surface area contributed by atoms with Gasteiger partial charge in [-0.25, -0.2) is 0 Å². The van der Waals surface area contributed by atoms with Crippen LogP contribution >= 0.6 is 0 Å². The molecule has 5 nitrogen and oxygen atoms in total. The van der Waals surface area contributed by atoms with Crippen molar-refractivity contribution in [3.8, 4) is 0 Å². The van der Waals surface area contributed by atoms with E-state index in [0.29, 0.717) is 12.5 Å². The summed E-state index contributed by atoms with van der Waals surface area (Å²) in [4.78, 5) is 11.1. The Morgan fingerprint density at radius 1 is 1.45 bits per heavy atom. The second kappa shape index (κ2) is 7.43. The third kappa shape index (κ3) is 4.34. The monoisotopic (exact) mass is 279 g/mol. The van der Waals surface area contributed by atoms with E-state index in [1.807, 2.05) is 17.8 Å². The van der Waals surface area contributed by atoms with Gasteiger partial charge in [0.1, 0.15) is 0 Å². The molecule has 1 atom stereocenters. The molecular weight excluding hydrogens is 254 g/mol. The molecule has 0 aromatic carbocycles. The molecule has 1 heterocycles. The molecule has 1 aromatic heterocycles. The Labute approximate surface area is 120 Å². The van der Waals surface area contributed by atoms with Gasteiger partial charge >= 0.3 is 5.97 Å². The Morgan fingerprint density at radius 3 is 2.70 bits per heavy atom. The predicted molar refractivity (Wildman–Crippen MR) is 77.3 cm³/mol. The van der Waals surface area contributed by atoms with Crippen LogP contribution in [0.4, 0.5) is 0 Å². The van der Waals surface area contributed by atoms with Crippen LogP contribution in [0.15, 0.2) is 12.3 Å². The minimum Gasteiger partial charge on any atom is -0.481 e. The maximum Gasteiger partial charge on any atom is 0.304 e. The third-order valence-corrected chi connectivity index (χ3v) is 4.33. The molecule has 112 valence electrons. The number of aliphatic carboxylic acids is 1. The number of hydrogen-bond donors (Lipinski definition) is 2. The first-order chi connectivity index (χ1) is 9.66. The van der Waals surface area contributed by atoms with Crippen LogP contribution in [0.25, 0.3) is 0 Å². The van der Waals surface area contributed by atoms with Crippen LogP contribution in [0.2, 0.25) is 0 Å². The average molecular weight is 279 g/mol. The van der Waals surface area contributed by atoms with Crippen LogP contribution in [0.5, 0.6) is 0 Å². The van der Waals surface area contributed by atoms with Gasteiger partial charge in [-0.2, -0.15) is 5.10 Å². The zero-order valence-corrected chi connectivity index (χ0v) is 12.2. The van der Waals surface area contributed by atoms with Crippen molar-refractivity contribution in [2.45, 2.75) is 57.5 Å². The number of carboxylic acid groups (broad SMARTS) is 1. The number of aromatic nitrogens is 2. The summed E-state index contributed by atoms with van der Waals surface area (Å²) in [5.74, 6) is -0.224. The number of carboxylic acids is 1. The number of carbonyl (C=O) groups is 1. The first-order valence-corrected chi connectivity index (χ1v) is 7.59. The third-order valence-electron chi connectivity index (χ3n) is 4.33. The molecule has 0 spiro atoms. The highest BCUT2D eigenvalue weighted by Crippen LogP contribution is 2.27. The summed E-state index contributed by atoms with van der Waals surface area (Å²) in [5, 5.41) is 16.7. The van der Waals surface area contributed by atoms with Crippen molar-refractivity contribution in [1.29, 1.82) is 0 Å². The maximum atomic E-state index is 11.1. The summed E-state index contributed by atoms with van der Waals surface area (Å²) in [6, 6.07) is 2.04. The Morgan fingerprint density at radius 2 is 2.15 bits per heavy atom. The van der Waals surface area contributed by atoms with Gasteiger partial charge in [0.05, 0.1) is 12.1 Å². The molecule has 20 heavy (non-hydrogen) atoms. The molecule has 2 rings (SSSR count). The molecular formula is C15H25N3O2. The molecule has 0 aliphatic heterocycles. The highest BCUT2D eigenvalue weighted by atomic mass is 16.4. The zero-order valence-electron chi connectivity index (χ0n) is 12.2. The van der Waals surface area contributed by atoms with E-state index in [4.69, 9.17) is 5.11 Å². The van der Waals surface area contributed by atoms with E-state index in [9.17, 15) is 4.79 Å². The fraction of sp³-hybridized carbons (Fsp3) is 0.733. The fourth-order valence-electron chi connectivity index (χ4n) is 3.12. The minimum absolute atomic E-state index is 0.0699. The van der Waals surface area contributed by atoms with Crippen LogP contribution in [-0.4, -0.2) is 26.9 Å². The molecule has 5 heteroatoms. The topological polar surface area (TPSA) is 67.2 Å². The predicted octanol–water partition coefficient (Wildman–Crippen LogP) is 2.32. The highest BCUT2D eigenvalue weighted by Gasteiger charge is 2.24. The summed E-state index contributed by atoms with van der Waals surface area (Å²) in [5.41, 5.74) is 1.09. The van der Waals surface area contributed by atoms with Crippen molar-refractivity contribution in [3.63, 3.8) is 0 Å². The molecule has 0 radical (unpaired) electrons. The molecule has 0 bridgehead atoms. The van der Waals surface area contributed by atoms with Crippen LogP contribution in [-0.2, 0) is 18.4 Å². The van der Waals surface area contributed by atoms with Gasteiger partial charge in [0.15, 0.2) is 0 Å². The number of nitrogens with zero attached hydrogens (tertiary/aromatic N) is 2. The summed E-state index contributed by atoms with van der Waals surface area (Å²) in [7, 11) is 1.91. The summed E-state index contributed by atoms with van der Waals surface area (Å²) < 4.78 is 1.83. The molecule has 1 fully saturated rings. The number of rotatable bonds is 6. The van der Waals surface area contributed by atoms with E-state index in [0.717, 1.165) is 18.5 Å². The van der Waals surface area contributed by atoms with Crippen LogP contribution in [0.1, 0.15) is 50.6 Å². The number of aryl methyl sites for hydroxylation is 1. The summed E-state index contributed by atoms with van der Waals surface area (Å²) in [6.45, 7) is 0.685. The second-order valence-corrected chi connectivity index (χ2v) is 5.78. The normalized spacial score (nSPS) is 18.6. The molecule has 0 amide bonds. The van der Waals surface area contributed by atoms with Crippen LogP contribution in [0.3, 0.4) is 0 Å². The van der Waals surface area contributed by atoms with Crippen molar-refractivity contribution >= 4 is 5.97 Å². The zero-order chi connectivity index (χ0) is 14.4. The van der Waals surface area contributed by atoms with E-state index in [1.54, 1.807) is 6.20 Å². The lowest BCUT2D eigenvalue weighted by Crippen LogP contribution is -2.38. The second-order valence-electron chi connectivity index (χ2n) is 5.78. The lowest BCUT2D eigenvalue weighted by molar-refractivity contribution is -0.138. The average Bonchev–Trinajstić information content (AvgIpc) is 2.67. The minimum atomic E-state index is -0.711. The Hall–Kier alpha value is -1.36. The van der Waals surface area contributed by atoms with Gasteiger partial charge in [0, 0.05) is 25.8 Å². The van der Waals surface area contributed by atoms with E-state index >= 15 is 0 Å². The van der Waals surface area contributed by atoms with Gasteiger partial charge in [-0.05, 0) is 24.8 Å². The van der Waals surface area contributed by atoms with Gasteiger partial charge in [-0.1, -0.05) is 25.7 Å². The van der Waals surface area contributed by atoms with E-state index < -0.39 is 5.97 Å². The van der Waals surface area contributed by atoms with Gasteiger partial charge in [-0.15, -0.1) is 0 Å². The Bertz CT molecular complexity index is 423. The molecule has 1 unspecified atom stereocenters. The number of nitrogens with one attached hydrogen (secondary N) is 1. The molecule has 1 aliphatic rings. The van der Waals surface area contributed by atoms with Crippen LogP contribution < -0.4 is 5.32 Å². The lowest BCUT2D eigenvalue weighted by atomic mass is 9.89. The quantitative estimate of drug-likeness (QED) is 0.784. The fourth-order valence-corrected chi connectivity index (χ4v) is 3.12. The Balaban J connectivity index is 1.95. The number of hydrogen-bond acceptors (Lipinski definition) is 3. The molecule has 1 saturated carbocycles. The van der Waals surface area contributed by atoms with Crippen molar-refractivity contribution in [2.24, 2.45) is 13.0 Å². The lowest BCUT2D eigenvalue weighted by Gasteiger charge is -2.26. The summed E-state index contributed by atoms with van der Waals surface area (Å²) in [6.07, 6.45) is 9.32. The van der Waals surface area contributed by atoms with E-state index in [2.05, 4.69) is 10.4 Å². The summed E-state index contributed by atoms with van der Waals surface area (Å²) >= 11 is 0. The van der Waals surface area contributed by atoms with Crippen molar-refractivity contribution in [2.75, 3.05) is 0 Å². The first-order valence-electron chi connectivity index (χ1n) is 7.59. The molecule has 2 N–H and O–H groups in total.